The molecule has 12 nitrogen and oxygen atoms in total. The van der Waals surface area contributed by atoms with E-state index >= 15 is 0 Å². The third-order valence-corrected chi connectivity index (χ3v) is 13.9. The normalized spacial score (nSPS) is 27.5. The van der Waals surface area contributed by atoms with Crippen LogP contribution in [-0.4, -0.2) is 64.8 Å². The highest BCUT2D eigenvalue weighted by molar-refractivity contribution is 7.91. The van der Waals surface area contributed by atoms with Crippen LogP contribution in [0.25, 0.3) is 21.6 Å². The monoisotopic (exact) mass is 799 g/mol. The van der Waals surface area contributed by atoms with Crippen molar-refractivity contribution in [2.24, 2.45) is 17.8 Å². The van der Waals surface area contributed by atoms with Crippen LogP contribution in [0, 0.1) is 23.6 Å². The van der Waals surface area contributed by atoms with Crippen LogP contribution in [0.2, 0.25) is 0 Å². The molecule has 2 aromatic carbocycles. The molecule has 56 heavy (non-hydrogen) atoms. The number of hydrogen-bond acceptors (Lipinski definition) is 10. The average Bonchev–Trinajstić information content (AvgIpc) is 4.05. The Labute approximate surface area is 327 Å². The number of carbonyl (C=O) groups is 4. The van der Waals surface area contributed by atoms with Crippen LogP contribution in [0.5, 0.6) is 5.88 Å². The van der Waals surface area contributed by atoms with Crippen LogP contribution in [0.4, 0.5) is 4.39 Å². The van der Waals surface area contributed by atoms with E-state index in [2.05, 4.69) is 15.4 Å². The summed E-state index contributed by atoms with van der Waals surface area (Å²) in [7, 11) is -3.90. The standard InChI is InChI=1S/C41H42FN5O7S2/c42-26-16-14-24(15-17-26)37(49)44-33-12-5-3-1-2-4-9-25-23-41(25,40(51)47-56(52,53)28-18-19-28)46-38(50)30-22-27(21-29(30)36(33)48)54-39-35(34-13-8-20-55-34)43-31-10-6-7-11-32(31)45-39/h4,6-11,13-17,20,25,27-30,33H,1-3,5,12,18-19,21-23H2,(H,44,49)(H,46,50)(H,47,51)/b9-4-/t25?,27-,29?,30+,33+,41+/m0/s1. The van der Waals surface area contributed by atoms with Gasteiger partial charge in [0.25, 0.3) is 11.8 Å². The minimum absolute atomic E-state index is 0.0812. The summed E-state index contributed by atoms with van der Waals surface area (Å²) in [5.41, 5.74) is 0.484. The fraction of sp³-hybridized carbons (Fsp3) is 0.415. The Morgan fingerprint density at radius 3 is 2.39 bits per heavy atom. The van der Waals surface area contributed by atoms with Crippen molar-refractivity contribution in [2.75, 3.05) is 0 Å². The van der Waals surface area contributed by atoms with Gasteiger partial charge in [0, 0.05) is 17.4 Å². The second kappa shape index (κ2) is 15.5. The van der Waals surface area contributed by atoms with Gasteiger partial charge in [0.2, 0.25) is 21.8 Å². The number of fused-ring (bicyclic) bond motifs is 3. The molecule has 2 unspecified atom stereocenters. The minimum atomic E-state index is -3.90. The molecule has 6 atom stereocenters. The van der Waals surface area contributed by atoms with E-state index in [1.807, 2.05) is 53.9 Å². The number of hydrogen-bond donors (Lipinski definition) is 3. The Bertz CT molecular complexity index is 2300. The smallest absolute Gasteiger partial charge is 0.259 e. The van der Waals surface area contributed by atoms with Crippen molar-refractivity contribution >= 4 is 55.9 Å². The second-order valence-corrected chi connectivity index (χ2v) is 18.1. The number of halogens is 1. The van der Waals surface area contributed by atoms with Crippen molar-refractivity contribution in [1.82, 2.24) is 25.3 Å². The highest BCUT2D eigenvalue weighted by Crippen LogP contribution is 2.47. The molecule has 292 valence electrons. The molecule has 3 N–H and O–H groups in total. The number of ether oxygens (including phenoxy) is 1. The molecule has 4 aliphatic rings. The van der Waals surface area contributed by atoms with E-state index in [-0.39, 0.29) is 36.5 Å². The summed E-state index contributed by atoms with van der Waals surface area (Å²) in [5, 5.41) is 7.07. The zero-order valence-electron chi connectivity index (χ0n) is 30.5. The van der Waals surface area contributed by atoms with Gasteiger partial charge < -0.3 is 15.4 Å². The summed E-state index contributed by atoms with van der Waals surface area (Å²) >= 11 is 1.47. The van der Waals surface area contributed by atoms with E-state index in [0.29, 0.717) is 48.8 Å². The topological polar surface area (TPSA) is 174 Å². The van der Waals surface area contributed by atoms with Crippen LogP contribution < -0.4 is 20.1 Å². The molecule has 3 saturated carbocycles. The van der Waals surface area contributed by atoms with Crippen LogP contribution in [0.3, 0.4) is 0 Å². The molecule has 0 radical (unpaired) electrons. The first-order valence-electron chi connectivity index (χ1n) is 19.1. The quantitative estimate of drug-likeness (QED) is 0.191. The molecular weight excluding hydrogens is 758 g/mol. The molecule has 3 aliphatic carbocycles. The molecule has 0 bridgehead atoms. The number of sulfonamides is 1. The van der Waals surface area contributed by atoms with Gasteiger partial charge in [-0.2, -0.15) is 0 Å². The Morgan fingerprint density at radius 2 is 1.66 bits per heavy atom. The van der Waals surface area contributed by atoms with Crippen molar-refractivity contribution in [3.05, 3.63) is 89.6 Å². The molecule has 2 aromatic heterocycles. The number of aromatic nitrogens is 2. The van der Waals surface area contributed by atoms with Gasteiger partial charge in [0.15, 0.2) is 5.78 Å². The van der Waals surface area contributed by atoms with Crippen molar-refractivity contribution < 1.29 is 36.7 Å². The van der Waals surface area contributed by atoms with Gasteiger partial charge >= 0.3 is 0 Å². The average molecular weight is 800 g/mol. The molecule has 1 aliphatic heterocycles. The van der Waals surface area contributed by atoms with Gasteiger partial charge in [-0.3, -0.25) is 23.9 Å². The maximum absolute atomic E-state index is 14.7. The number of ketones is 1. The van der Waals surface area contributed by atoms with Crippen LogP contribution in [0.15, 0.2) is 78.2 Å². The van der Waals surface area contributed by atoms with Gasteiger partial charge in [0.05, 0.1) is 33.1 Å². The zero-order chi connectivity index (χ0) is 39.0. The number of amides is 3. The van der Waals surface area contributed by atoms with Crippen molar-refractivity contribution in [1.29, 1.82) is 0 Å². The van der Waals surface area contributed by atoms with Crippen molar-refractivity contribution in [3.8, 4) is 16.5 Å². The lowest BCUT2D eigenvalue weighted by atomic mass is 9.85. The SMILES string of the molecule is O=C(N[C@@H]1CCCCC/C=C\C2C[C@@]2(C(=O)NS(=O)(=O)C2CC2)NC(=O)[C@@H]2C[C@@H](Oc3nc4ccccc4nc3-c3cccs3)CC2C1=O)c1ccc(F)cc1. The van der Waals surface area contributed by atoms with Crippen LogP contribution in [0.1, 0.15) is 74.6 Å². The summed E-state index contributed by atoms with van der Waals surface area (Å²) < 4.78 is 48.3. The summed E-state index contributed by atoms with van der Waals surface area (Å²) in [6.45, 7) is 0. The number of benzene rings is 2. The lowest BCUT2D eigenvalue weighted by Gasteiger charge is -2.26. The maximum atomic E-state index is 14.7. The van der Waals surface area contributed by atoms with E-state index in [0.717, 1.165) is 17.7 Å². The molecule has 4 aromatic rings. The number of nitrogens with one attached hydrogen (secondary N) is 3. The largest absolute Gasteiger partial charge is 0.473 e. The Morgan fingerprint density at radius 1 is 0.911 bits per heavy atom. The predicted molar refractivity (Wildman–Crippen MR) is 207 cm³/mol. The van der Waals surface area contributed by atoms with Crippen LogP contribution >= 0.6 is 11.3 Å². The summed E-state index contributed by atoms with van der Waals surface area (Å²) in [6, 6.07) is 15.3. The van der Waals surface area contributed by atoms with Crippen molar-refractivity contribution in [2.45, 2.75) is 87.1 Å². The molecule has 0 spiro atoms. The van der Waals surface area contributed by atoms with E-state index in [1.165, 1.54) is 35.6 Å². The number of rotatable bonds is 8. The van der Waals surface area contributed by atoms with Gasteiger partial charge in [-0.1, -0.05) is 43.2 Å². The fourth-order valence-electron chi connectivity index (χ4n) is 7.90. The lowest BCUT2D eigenvalue weighted by molar-refractivity contribution is -0.136. The van der Waals surface area contributed by atoms with Gasteiger partial charge in [-0.15, -0.1) is 11.3 Å². The first-order chi connectivity index (χ1) is 27.0. The number of allylic oxidation sites excluding steroid dienone is 1. The Kier molecular flexibility index (Phi) is 10.5. The zero-order valence-corrected chi connectivity index (χ0v) is 32.1. The number of thiophene rings is 1. The highest BCUT2D eigenvalue weighted by atomic mass is 32.2. The van der Waals surface area contributed by atoms with E-state index < -0.39 is 74.3 Å². The summed E-state index contributed by atoms with van der Waals surface area (Å²) in [5.74, 6) is -4.88. The number of nitrogens with zero attached hydrogens (tertiary/aromatic N) is 2. The first-order valence-corrected chi connectivity index (χ1v) is 21.6. The van der Waals surface area contributed by atoms with E-state index in [4.69, 9.17) is 14.7 Å². The van der Waals surface area contributed by atoms with Gasteiger partial charge in [-0.25, -0.2) is 22.8 Å². The van der Waals surface area contributed by atoms with Gasteiger partial charge in [-0.05, 0) is 99.2 Å². The third-order valence-electron chi connectivity index (χ3n) is 11.2. The van der Waals surface area contributed by atoms with Crippen LogP contribution in [-0.2, 0) is 24.4 Å². The second-order valence-electron chi connectivity index (χ2n) is 15.2. The predicted octanol–water partition coefficient (Wildman–Crippen LogP) is 5.64. The minimum Gasteiger partial charge on any atom is -0.473 e. The molecular formula is C41H42FN5O7S2. The molecule has 0 saturated heterocycles. The number of para-hydroxylation sites is 2. The molecule has 8 rings (SSSR count). The van der Waals surface area contributed by atoms with E-state index in [9.17, 15) is 32.0 Å². The molecule has 3 amide bonds. The van der Waals surface area contributed by atoms with Gasteiger partial charge in [0.1, 0.15) is 23.2 Å². The fourth-order valence-corrected chi connectivity index (χ4v) is 9.97. The first kappa shape index (κ1) is 37.9. The molecule has 3 heterocycles. The lowest BCUT2D eigenvalue weighted by Crippen LogP contribution is -2.54. The highest BCUT2D eigenvalue weighted by Gasteiger charge is 2.62. The van der Waals surface area contributed by atoms with Crippen molar-refractivity contribution in [3.63, 3.8) is 0 Å². The number of carbonyl (C=O) groups excluding carboxylic acids is 4. The maximum Gasteiger partial charge on any atom is 0.259 e. The summed E-state index contributed by atoms with van der Waals surface area (Å²) in [4.78, 5) is 67.0. The Balaban J connectivity index is 1.12. The van der Waals surface area contributed by atoms with E-state index in [1.54, 1.807) is 0 Å². The summed E-state index contributed by atoms with van der Waals surface area (Å²) in [6.07, 6.45) is 7.59. The Hall–Kier alpha value is -5.02. The molecule has 3 fully saturated rings. The third kappa shape index (κ3) is 7.97. The number of Topliss-reactive ketones (excluding diaryl/α,β-unsaturated/α-hetero) is 1. The molecule has 15 heteroatoms.